The van der Waals surface area contributed by atoms with E-state index in [2.05, 4.69) is 15.5 Å². The molecule has 0 aliphatic rings. The number of nitrogens with zero attached hydrogens (tertiary/aromatic N) is 2. The van der Waals surface area contributed by atoms with Crippen LogP contribution < -0.4 is 5.32 Å². The normalized spacial score (nSPS) is 11.7. The molecule has 0 aliphatic heterocycles. The molecule has 0 bridgehead atoms. The molecule has 0 spiro atoms. The number of rotatable bonds is 6. The summed E-state index contributed by atoms with van der Waals surface area (Å²) in [5, 5.41) is 10.7. The second-order valence-corrected chi connectivity index (χ2v) is 6.84. The molecule has 0 unspecified atom stereocenters. The number of aromatic nitrogens is 2. The van der Waals surface area contributed by atoms with E-state index in [1.54, 1.807) is 37.3 Å². The van der Waals surface area contributed by atoms with Gasteiger partial charge in [-0.2, -0.15) is 0 Å². The summed E-state index contributed by atoms with van der Waals surface area (Å²) in [6.07, 6.45) is 0.611. The van der Waals surface area contributed by atoms with E-state index in [0.717, 1.165) is 11.1 Å². The van der Waals surface area contributed by atoms with Gasteiger partial charge in [-0.25, -0.2) is 4.79 Å². The average molecular weight is 417 g/mol. The van der Waals surface area contributed by atoms with E-state index < -0.39 is 18.0 Å². The lowest BCUT2D eigenvalue weighted by molar-refractivity contribution is 0.0281. The molecule has 8 heteroatoms. The number of esters is 1. The van der Waals surface area contributed by atoms with E-state index in [9.17, 15) is 9.59 Å². The number of hydrogen-bond acceptors (Lipinski definition) is 7. The standard InChI is InChI=1S/C23H19N3O5/c1-14-9-11-16(12-10-14)22-26-25-21(31-22)15(2)30-23(28)17-6-3-4-7-18(17)24-20(27)19-8-5-13-29-19/h3-13,15H,1-2H3,(H,24,27)/t15-/m0/s1. The number of para-hydroxylation sites is 1. The van der Waals surface area contributed by atoms with Crippen LogP contribution in [0.5, 0.6) is 0 Å². The molecular formula is C23H19N3O5. The fourth-order valence-electron chi connectivity index (χ4n) is 2.85. The highest BCUT2D eigenvalue weighted by molar-refractivity contribution is 6.06. The second-order valence-electron chi connectivity index (χ2n) is 6.84. The Hall–Kier alpha value is -4.20. The minimum absolute atomic E-state index is 0.131. The molecule has 8 nitrogen and oxygen atoms in total. The van der Waals surface area contributed by atoms with Gasteiger partial charge in [0, 0.05) is 5.56 Å². The molecule has 0 fully saturated rings. The average Bonchev–Trinajstić information content (AvgIpc) is 3.47. The van der Waals surface area contributed by atoms with E-state index in [1.165, 1.54) is 12.3 Å². The van der Waals surface area contributed by atoms with Gasteiger partial charge in [0.1, 0.15) is 0 Å². The largest absolute Gasteiger partial charge is 0.459 e. The van der Waals surface area contributed by atoms with Gasteiger partial charge in [-0.15, -0.1) is 10.2 Å². The molecular weight excluding hydrogens is 398 g/mol. The van der Waals surface area contributed by atoms with Crippen LogP contribution in [0.1, 0.15) is 45.4 Å². The van der Waals surface area contributed by atoms with Crippen molar-refractivity contribution in [3.05, 3.63) is 89.7 Å². The molecule has 1 N–H and O–H groups in total. The second kappa shape index (κ2) is 8.66. The van der Waals surface area contributed by atoms with Crippen molar-refractivity contribution in [3.63, 3.8) is 0 Å². The number of ether oxygens (including phenoxy) is 1. The molecule has 0 saturated heterocycles. The molecule has 0 saturated carbocycles. The van der Waals surface area contributed by atoms with Crippen LogP contribution in [-0.4, -0.2) is 22.1 Å². The van der Waals surface area contributed by atoms with Gasteiger partial charge in [-0.1, -0.05) is 29.8 Å². The number of aryl methyl sites for hydroxylation is 1. The van der Waals surface area contributed by atoms with E-state index in [4.69, 9.17) is 13.6 Å². The van der Waals surface area contributed by atoms with Crippen molar-refractivity contribution in [3.8, 4) is 11.5 Å². The summed E-state index contributed by atoms with van der Waals surface area (Å²) >= 11 is 0. The van der Waals surface area contributed by atoms with Crippen molar-refractivity contribution in [2.45, 2.75) is 20.0 Å². The minimum Gasteiger partial charge on any atom is -0.459 e. The first-order valence-corrected chi connectivity index (χ1v) is 9.56. The highest BCUT2D eigenvalue weighted by atomic mass is 16.6. The maximum atomic E-state index is 12.7. The lowest BCUT2D eigenvalue weighted by Crippen LogP contribution is -2.16. The number of benzene rings is 2. The lowest BCUT2D eigenvalue weighted by atomic mass is 10.1. The quantitative estimate of drug-likeness (QED) is 0.449. The predicted molar refractivity (Wildman–Crippen MR) is 111 cm³/mol. The van der Waals surface area contributed by atoms with Gasteiger partial charge < -0.3 is 18.9 Å². The number of carbonyl (C=O) groups is 2. The summed E-state index contributed by atoms with van der Waals surface area (Å²) in [5.74, 6) is -0.480. The summed E-state index contributed by atoms with van der Waals surface area (Å²) in [7, 11) is 0. The van der Waals surface area contributed by atoms with Crippen molar-refractivity contribution in [2.24, 2.45) is 0 Å². The summed E-state index contributed by atoms with van der Waals surface area (Å²) in [4.78, 5) is 25.0. The van der Waals surface area contributed by atoms with Crippen LogP contribution in [0, 0.1) is 6.92 Å². The maximum absolute atomic E-state index is 12.7. The Bertz CT molecular complexity index is 1200. The van der Waals surface area contributed by atoms with Gasteiger partial charge in [0.05, 0.1) is 17.5 Å². The zero-order valence-electron chi connectivity index (χ0n) is 16.9. The molecule has 1 atom stereocenters. The smallest absolute Gasteiger partial charge is 0.341 e. The van der Waals surface area contributed by atoms with Crippen LogP contribution in [0.25, 0.3) is 11.5 Å². The highest BCUT2D eigenvalue weighted by Crippen LogP contribution is 2.25. The molecule has 156 valence electrons. The van der Waals surface area contributed by atoms with Crippen LogP contribution in [0.2, 0.25) is 0 Å². The van der Waals surface area contributed by atoms with E-state index in [1.807, 2.05) is 31.2 Å². The Morgan fingerprint density at radius 3 is 2.52 bits per heavy atom. The Balaban J connectivity index is 1.47. The topological polar surface area (TPSA) is 107 Å². The van der Waals surface area contributed by atoms with Gasteiger partial charge in [0.2, 0.25) is 5.89 Å². The van der Waals surface area contributed by atoms with Gasteiger partial charge in [-0.05, 0) is 50.2 Å². The van der Waals surface area contributed by atoms with Crippen LogP contribution in [0.15, 0.2) is 75.8 Å². The number of carbonyl (C=O) groups excluding carboxylic acids is 2. The van der Waals surface area contributed by atoms with Gasteiger partial charge in [0.25, 0.3) is 11.8 Å². The van der Waals surface area contributed by atoms with Crippen molar-refractivity contribution in [2.75, 3.05) is 5.32 Å². The van der Waals surface area contributed by atoms with Crippen LogP contribution in [0.4, 0.5) is 5.69 Å². The van der Waals surface area contributed by atoms with E-state index in [0.29, 0.717) is 11.6 Å². The summed E-state index contributed by atoms with van der Waals surface area (Å²) < 4.78 is 16.2. The first-order chi connectivity index (χ1) is 15.0. The summed E-state index contributed by atoms with van der Waals surface area (Å²) in [6, 6.07) is 17.3. The molecule has 31 heavy (non-hydrogen) atoms. The molecule has 4 aromatic rings. The van der Waals surface area contributed by atoms with Crippen molar-refractivity contribution in [1.29, 1.82) is 0 Å². The van der Waals surface area contributed by atoms with Gasteiger partial charge in [-0.3, -0.25) is 4.79 Å². The molecule has 0 aliphatic carbocycles. The Kier molecular flexibility index (Phi) is 5.61. The summed E-state index contributed by atoms with van der Waals surface area (Å²) in [5.41, 5.74) is 2.37. The Labute approximate surface area is 177 Å². The Morgan fingerprint density at radius 1 is 1.00 bits per heavy atom. The molecule has 2 aromatic carbocycles. The zero-order valence-corrected chi connectivity index (χ0v) is 16.9. The molecule has 4 rings (SSSR count). The van der Waals surface area contributed by atoms with Gasteiger partial charge in [0.15, 0.2) is 11.9 Å². The molecule has 2 heterocycles. The van der Waals surface area contributed by atoms with Crippen molar-refractivity contribution >= 4 is 17.6 Å². The molecule has 1 amide bonds. The molecule has 0 radical (unpaired) electrons. The number of amides is 1. The predicted octanol–water partition coefficient (Wildman–Crippen LogP) is 4.81. The summed E-state index contributed by atoms with van der Waals surface area (Å²) in [6.45, 7) is 3.62. The first-order valence-electron chi connectivity index (χ1n) is 9.56. The third kappa shape index (κ3) is 4.53. The van der Waals surface area contributed by atoms with Crippen LogP contribution >= 0.6 is 0 Å². The van der Waals surface area contributed by atoms with E-state index in [-0.39, 0.29) is 17.2 Å². The fraction of sp³-hybridized carbons (Fsp3) is 0.130. The molecule has 2 aromatic heterocycles. The number of hydrogen-bond donors (Lipinski definition) is 1. The minimum atomic E-state index is -0.784. The zero-order chi connectivity index (χ0) is 21.8. The third-order valence-electron chi connectivity index (χ3n) is 4.51. The number of nitrogens with one attached hydrogen (secondary N) is 1. The van der Waals surface area contributed by atoms with Crippen LogP contribution in [0.3, 0.4) is 0 Å². The number of furan rings is 1. The fourth-order valence-corrected chi connectivity index (χ4v) is 2.85. The van der Waals surface area contributed by atoms with Crippen LogP contribution in [-0.2, 0) is 4.74 Å². The third-order valence-corrected chi connectivity index (χ3v) is 4.51. The number of anilines is 1. The first kappa shape index (κ1) is 20.1. The monoisotopic (exact) mass is 417 g/mol. The van der Waals surface area contributed by atoms with Crippen molar-refractivity contribution < 1.29 is 23.2 Å². The van der Waals surface area contributed by atoms with Gasteiger partial charge >= 0.3 is 5.97 Å². The maximum Gasteiger partial charge on any atom is 0.341 e. The SMILES string of the molecule is Cc1ccc(-c2nnc([C@H](C)OC(=O)c3ccccc3NC(=O)c3ccco3)o2)cc1. The van der Waals surface area contributed by atoms with E-state index >= 15 is 0 Å². The Morgan fingerprint density at radius 2 is 1.77 bits per heavy atom. The lowest BCUT2D eigenvalue weighted by Gasteiger charge is -2.12. The highest BCUT2D eigenvalue weighted by Gasteiger charge is 2.22. The van der Waals surface area contributed by atoms with Crippen molar-refractivity contribution in [1.82, 2.24) is 10.2 Å².